The third kappa shape index (κ3) is 3.35. The molecule has 0 saturated heterocycles. The third-order valence-corrected chi connectivity index (χ3v) is 4.84. The minimum Gasteiger partial charge on any atom is -0.389 e. The molecule has 1 unspecified atom stereocenters. The highest BCUT2D eigenvalue weighted by Gasteiger charge is 2.11. The number of rotatable bonds is 3. The maximum Gasteiger partial charge on any atom is 0.115 e. The number of benzene rings is 1. The van der Waals surface area contributed by atoms with Crippen LogP contribution >= 0.6 is 43.6 Å². The molecule has 5 heteroatoms. The molecular formula is C13H11Br2NOS. The highest BCUT2D eigenvalue weighted by Crippen LogP contribution is 2.37. The van der Waals surface area contributed by atoms with Gasteiger partial charge in [-0.25, -0.2) is 4.98 Å². The van der Waals surface area contributed by atoms with Gasteiger partial charge in [-0.3, -0.25) is 0 Å². The van der Waals surface area contributed by atoms with Crippen molar-refractivity contribution in [1.82, 2.24) is 4.98 Å². The van der Waals surface area contributed by atoms with Crippen LogP contribution in [0.5, 0.6) is 0 Å². The zero-order valence-corrected chi connectivity index (χ0v) is 13.6. The van der Waals surface area contributed by atoms with E-state index in [1.165, 1.54) is 11.8 Å². The average molecular weight is 389 g/mol. The van der Waals surface area contributed by atoms with E-state index in [0.717, 1.165) is 24.4 Å². The zero-order valence-electron chi connectivity index (χ0n) is 9.60. The number of aliphatic hydroxyl groups is 1. The summed E-state index contributed by atoms with van der Waals surface area (Å²) >= 11 is 8.46. The Bertz CT molecular complexity index is 560. The number of halogens is 2. The summed E-state index contributed by atoms with van der Waals surface area (Å²) < 4.78 is 1.94. The average Bonchev–Trinajstić information content (AvgIpc) is 2.32. The van der Waals surface area contributed by atoms with Crippen molar-refractivity contribution in [2.45, 2.75) is 22.9 Å². The molecule has 1 aromatic carbocycles. The fraction of sp³-hybridized carbons (Fsp3) is 0.154. The molecule has 0 aliphatic carbocycles. The van der Waals surface area contributed by atoms with Gasteiger partial charge in [0, 0.05) is 15.6 Å². The highest BCUT2D eigenvalue weighted by molar-refractivity contribution is 9.10. The second kappa shape index (κ2) is 6.19. The second-order valence-corrected chi connectivity index (χ2v) is 6.55. The molecule has 2 aromatic rings. The molecule has 1 heterocycles. The van der Waals surface area contributed by atoms with Gasteiger partial charge < -0.3 is 5.11 Å². The summed E-state index contributed by atoms with van der Waals surface area (Å²) in [6.45, 7) is 1.76. The lowest BCUT2D eigenvalue weighted by molar-refractivity contribution is 0.196. The zero-order chi connectivity index (χ0) is 13.1. The minimum atomic E-state index is -0.497. The van der Waals surface area contributed by atoms with E-state index in [9.17, 15) is 5.11 Å². The molecule has 0 bridgehead atoms. The van der Waals surface area contributed by atoms with Crippen molar-refractivity contribution in [2.24, 2.45) is 0 Å². The summed E-state index contributed by atoms with van der Waals surface area (Å²) in [6.07, 6.45) is 1.26. The van der Waals surface area contributed by atoms with Gasteiger partial charge in [-0.1, -0.05) is 33.8 Å². The molecule has 0 aliphatic heterocycles. The predicted molar refractivity (Wildman–Crippen MR) is 80.8 cm³/mol. The van der Waals surface area contributed by atoms with E-state index in [0.29, 0.717) is 0 Å². The Kier molecular flexibility index (Phi) is 4.84. The van der Waals surface area contributed by atoms with Crippen molar-refractivity contribution in [1.29, 1.82) is 0 Å². The van der Waals surface area contributed by atoms with Crippen LogP contribution in [0.25, 0.3) is 0 Å². The molecule has 0 amide bonds. The second-order valence-electron chi connectivity index (χ2n) is 3.75. The molecule has 0 aliphatic rings. The monoisotopic (exact) mass is 387 g/mol. The van der Waals surface area contributed by atoms with Crippen molar-refractivity contribution in [2.75, 3.05) is 0 Å². The Hall–Kier alpha value is -0.360. The van der Waals surface area contributed by atoms with Gasteiger partial charge >= 0.3 is 0 Å². The summed E-state index contributed by atoms with van der Waals surface area (Å²) in [5, 5.41) is 10.7. The Morgan fingerprint density at radius 2 is 2.06 bits per heavy atom. The molecule has 2 rings (SSSR count). The molecule has 0 saturated carbocycles. The summed E-state index contributed by atoms with van der Waals surface area (Å²) in [7, 11) is 0. The SMILES string of the molecule is CC(O)c1ccc(Br)cc1Sc1ncccc1Br. The van der Waals surface area contributed by atoms with Gasteiger partial charge in [0.15, 0.2) is 0 Å². The van der Waals surface area contributed by atoms with E-state index in [2.05, 4.69) is 36.8 Å². The van der Waals surface area contributed by atoms with Crippen molar-refractivity contribution < 1.29 is 5.11 Å². The first kappa shape index (κ1) is 14.1. The lowest BCUT2D eigenvalue weighted by atomic mass is 10.1. The molecule has 2 nitrogen and oxygen atoms in total. The Balaban J connectivity index is 2.39. The van der Waals surface area contributed by atoms with Gasteiger partial charge in [-0.2, -0.15) is 0 Å². The lowest BCUT2D eigenvalue weighted by Gasteiger charge is -2.12. The van der Waals surface area contributed by atoms with Crippen LogP contribution in [-0.2, 0) is 0 Å². The number of hydrogen-bond acceptors (Lipinski definition) is 3. The number of nitrogens with zero attached hydrogens (tertiary/aromatic N) is 1. The fourth-order valence-electron chi connectivity index (χ4n) is 1.49. The summed E-state index contributed by atoms with van der Waals surface area (Å²) in [5.41, 5.74) is 0.903. The molecule has 0 fully saturated rings. The summed E-state index contributed by atoms with van der Waals surface area (Å²) in [6, 6.07) is 9.68. The first-order chi connectivity index (χ1) is 8.58. The van der Waals surface area contributed by atoms with Gasteiger partial charge in [0.05, 0.1) is 10.6 Å². The van der Waals surface area contributed by atoms with Crippen molar-refractivity contribution in [3.63, 3.8) is 0 Å². The summed E-state index contributed by atoms with van der Waals surface area (Å²) in [5.74, 6) is 0. The molecule has 0 radical (unpaired) electrons. The number of pyridine rings is 1. The predicted octanol–water partition coefficient (Wildman–Crippen LogP) is 4.81. The normalized spacial score (nSPS) is 12.4. The van der Waals surface area contributed by atoms with Gasteiger partial charge in [0.25, 0.3) is 0 Å². The van der Waals surface area contributed by atoms with Crippen molar-refractivity contribution in [3.05, 3.63) is 51.0 Å². The van der Waals surface area contributed by atoms with Crippen molar-refractivity contribution >= 4 is 43.6 Å². The Morgan fingerprint density at radius 3 is 2.72 bits per heavy atom. The topological polar surface area (TPSA) is 33.1 Å². The largest absolute Gasteiger partial charge is 0.389 e. The maximum absolute atomic E-state index is 9.78. The summed E-state index contributed by atoms with van der Waals surface area (Å²) in [4.78, 5) is 5.32. The smallest absolute Gasteiger partial charge is 0.115 e. The first-order valence-corrected chi connectivity index (χ1v) is 7.74. The van der Waals surface area contributed by atoms with Crippen LogP contribution in [0, 0.1) is 0 Å². The lowest BCUT2D eigenvalue weighted by Crippen LogP contribution is -1.94. The van der Waals surface area contributed by atoms with Crippen LogP contribution in [0.1, 0.15) is 18.6 Å². The van der Waals surface area contributed by atoms with Crippen LogP contribution in [0.2, 0.25) is 0 Å². The van der Waals surface area contributed by atoms with Crippen LogP contribution in [0.4, 0.5) is 0 Å². The van der Waals surface area contributed by atoms with Gasteiger partial charge in [-0.15, -0.1) is 0 Å². The standard InChI is InChI=1S/C13H11Br2NOS/c1-8(17)10-5-4-9(14)7-12(10)18-13-11(15)3-2-6-16-13/h2-8,17H,1H3. The van der Waals surface area contributed by atoms with E-state index >= 15 is 0 Å². The maximum atomic E-state index is 9.78. The Labute approximate surface area is 127 Å². The van der Waals surface area contributed by atoms with E-state index in [1.54, 1.807) is 13.1 Å². The number of aromatic nitrogens is 1. The van der Waals surface area contributed by atoms with Gasteiger partial charge in [-0.05, 0) is 52.7 Å². The van der Waals surface area contributed by atoms with E-state index in [1.807, 2.05) is 30.3 Å². The van der Waals surface area contributed by atoms with Crippen LogP contribution in [0.3, 0.4) is 0 Å². The van der Waals surface area contributed by atoms with Crippen molar-refractivity contribution in [3.8, 4) is 0 Å². The van der Waals surface area contributed by atoms with Crippen LogP contribution in [-0.4, -0.2) is 10.1 Å². The van der Waals surface area contributed by atoms with E-state index in [-0.39, 0.29) is 0 Å². The van der Waals surface area contributed by atoms with Gasteiger partial charge in [0.2, 0.25) is 0 Å². The molecule has 0 spiro atoms. The van der Waals surface area contributed by atoms with E-state index < -0.39 is 6.10 Å². The number of aliphatic hydroxyl groups excluding tert-OH is 1. The first-order valence-electron chi connectivity index (χ1n) is 5.34. The molecule has 18 heavy (non-hydrogen) atoms. The van der Waals surface area contributed by atoms with Crippen LogP contribution < -0.4 is 0 Å². The molecule has 1 N–H and O–H groups in total. The fourth-order valence-corrected chi connectivity index (χ4v) is 3.53. The quantitative estimate of drug-likeness (QED) is 0.818. The molecule has 1 aromatic heterocycles. The molecule has 1 atom stereocenters. The Morgan fingerprint density at radius 1 is 1.28 bits per heavy atom. The highest BCUT2D eigenvalue weighted by atomic mass is 79.9. The third-order valence-electron chi connectivity index (χ3n) is 2.36. The van der Waals surface area contributed by atoms with Gasteiger partial charge in [0.1, 0.15) is 5.03 Å². The van der Waals surface area contributed by atoms with E-state index in [4.69, 9.17) is 0 Å². The number of hydrogen-bond donors (Lipinski definition) is 1. The van der Waals surface area contributed by atoms with Crippen LogP contribution in [0.15, 0.2) is 55.4 Å². The molecule has 94 valence electrons. The molecular weight excluding hydrogens is 378 g/mol. The minimum absolute atomic E-state index is 0.497.